The van der Waals surface area contributed by atoms with Crippen molar-refractivity contribution in [3.8, 4) is 0 Å². The van der Waals surface area contributed by atoms with Gasteiger partial charge in [0, 0.05) is 17.7 Å². The fourth-order valence-corrected chi connectivity index (χ4v) is 2.80. The number of carbonyl (C=O) groups is 1. The van der Waals surface area contributed by atoms with Crippen LogP contribution in [0.1, 0.15) is 24.8 Å². The first-order valence-corrected chi connectivity index (χ1v) is 7.90. The Morgan fingerprint density at radius 1 is 1.45 bits per heavy atom. The second-order valence-electron chi connectivity index (χ2n) is 5.16. The van der Waals surface area contributed by atoms with Gasteiger partial charge in [-0.15, -0.1) is 12.4 Å². The molecule has 3 N–H and O–H groups in total. The molecular formula is C15H22BrClN2O3. The van der Waals surface area contributed by atoms with E-state index in [1.165, 1.54) is 0 Å². The normalized spacial score (nSPS) is 15.2. The van der Waals surface area contributed by atoms with Crippen molar-refractivity contribution in [3.63, 3.8) is 0 Å². The molecule has 1 aliphatic rings. The lowest BCUT2D eigenvalue weighted by Gasteiger charge is -2.22. The lowest BCUT2D eigenvalue weighted by Crippen LogP contribution is -2.25. The van der Waals surface area contributed by atoms with Crippen LogP contribution in [0, 0.1) is 6.92 Å². The number of carbonyl (C=O) groups excluding carboxylic acids is 1. The molecule has 22 heavy (non-hydrogen) atoms. The number of halogens is 2. The van der Waals surface area contributed by atoms with Crippen LogP contribution in [0.15, 0.2) is 16.6 Å². The minimum Gasteiger partial charge on any atom is -0.397 e. The van der Waals surface area contributed by atoms with Crippen molar-refractivity contribution in [3.05, 3.63) is 22.2 Å². The third-order valence-corrected chi connectivity index (χ3v) is 3.93. The molecule has 0 unspecified atom stereocenters. The summed E-state index contributed by atoms with van der Waals surface area (Å²) in [4.78, 5) is 11.9. The number of nitrogens with one attached hydrogen (secondary N) is 1. The van der Waals surface area contributed by atoms with E-state index < -0.39 is 0 Å². The number of aryl methyl sites for hydroxylation is 1. The Balaban J connectivity index is 0.00000242. The first kappa shape index (κ1) is 19.2. The molecule has 0 spiro atoms. The van der Waals surface area contributed by atoms with E-state index >= 15 is 0 Å². The summed E-state index contributed by atoms with van der Waals surface area (Å²) < 4.78 is 11.8. The summed E-state index contributed by atoms with van der Waals surface area (Å²) in [5.41, 5.74) is 8.12. The molecule has 1 fully saturated rings. The van der Waals surface area contributed by atoms with Gasteiger partial charge in [-0.2, -0.15) is 0 Å². The lowest BCUT2D eigenvalue weighted by molar-refractivity contribution is -0.118. The smallest absolute Gasteiger partial charge is 0.226 e. The zero-order valence-electron chi connectivity index (χ0n) is 12.6. The molecule has 124 valence electrons. The first-order chi connectivity index (χ1) is 10.1. The Morgan fingerprint density at radius 3 is 2.82 bits per heavy atom. The van der Waals surface area contributed by atoms with Crippen molar-refractivity contribution in [2.45, 2.75) is 32.3 Å². The largest absolute Gasteiger partial charge is 0.397 e. The Bertz CT molecular complexity index is 508. The van der Waals surface area contributed by atoms with Crippen LogP contribution in [0.2, 0.25) is 0 Å². The van der Waals surface area contributed by atoms with E-state index in [0.717, 1.165) is 36.1 Å². The average molecular weight is 394 g/mol. The SMILES string of the molecule is Cc1cc(Br)cc(NC(=O)CCOC2CCOCC2)c1N.Cl. The molecule has 0 atom stereocenters. The summed E-state index contributed by atoms with van der Waals surface area (Å²) in [6.07, 6.45) is 2.34. The summed E-state index contributed by atoms with van der Waals surface area (Å²) in [7, 11) is 0. The van der Waals surface area contributed by atoms with E-state index in [2.05, 4.69) is 21.2 Å². The van der Waals surface area contributed by atoms with Crippen molar-refractivity contribution in [2.24, 2.45) is 0 Å². The highest BCUT2D eigenvalue weighted by atomic mass is 79.9. The van der Waals surface area contributed by atoms with E-state index in [0.29, 0.717) is 24.4 Å². The number of rotatable bonds is 5. The molecule has 1 saturated heterocycles. The van der Waals surface area contributed by atoms with Crippen molar-refractivity contribution in [1.29, 1.82) is 0 Å². The fourth-order valence-electron chi connectivity index (χ4n) is 2.23. The van der Waals surface area contributed by atoms with Crippen molar-refractivity contribution >= 4 is 45.6 Å². The fraction of sp³-hybridized carbons (Fsp3) is 0.533. The van der Waals surface area contributed by atoms with Gasteiger partial charge in [0.1, 0.15) is 0 Å². The molecule has 1 amide bonds. The van der Waals surface area contributed by atoms with E-state index in [1.807, 2.05) is 13.0 Å². The number of anilines is 2. The predicted octanol–water partition coefficient (Wildman–Crippen LogP) is 3.29. The molecule has 1 aromatic carbocycles. The molecule has 2 rings (SSSR count). The van der Waals surface area contributed by atoms with Gasteiger partial charge in [0.15, 0.2) is 0 Å². The molecular weight excluding hydrogens is 372 g/mol. The van der Waals surface area contributed by atoms with E-state index in [9.17, 15) is 4.79 Å². The average Bonchev–Trinajstić information content (AvgIpc) is 2.45. The van der Waals surface area contributed by atoms with Crippen LogP contribution >= 0.6 is 28.3 Å². The molecule has 1 heterocycles. The van der Waals surface area contributed by atoms with Gasteiger partial charge in [0.2, 0.25) is 5.91 Å². The van der Waals surface area contributed by atoms with Crippen LogP contribution in [-0.4, -0.2) is 31.8 Å². The summed E-state index contributed by atoms with van der Waals surface area (Å²) in [5.74, 6) is -0.0914. The van der Waals surface area contributed by atoms with Gasteiger partial charge in [0.25, 0.3) is 0 Å². The predicted molar refractivity (Wildman–Crippen MR) is 93.6 cm³/mol. The van der Waals surface area contributed by atoms with Crippen LogP contribution in [-0.2, 0) is 14.3 Å². The molecule has 0 saturated carbocycles. The number of amides is 1. The molecule has 0 bridgehead atoms. The topological polar surface area (TPSA) is 73.6 Å². The number of nitrogens with two attached hydrogens (primary N) is 1. The third kappa shape index (κ3) is 5.76. The third-order valence-electron chi connectivity index (χ3n) is 3.48. The summed E-state index contributed by atoms with van der Waals surface area (Å²) in [6.45, 7) is 3.81. The molecule has 5 nitrogen and oxygen atoms in total. The minimum atomic E-state index is -0.0914. The van der Waals surface area contributed by atoms with Crippen LogP contribution in [0.5, 0.6) is 0 Å². The number of ether oxygens (including phenoxy) is 2. The summed E-state index contributed by atoms with van der Waals surface area (Å²) >= 11 is 3.40. The highest BCUT2D eigenvalue weighted by Crippen LogP contribution is 2.27. The quantitative estimate of drug-likeness (QED) is 0.753. The monoisotopic (exact) mass is 392 g/mol. The summed E-state index contributed by atoms with van der Waals surface area (Å²) in [6, 6.07) is 3.72. The molecule has 0 radical (unpaired) electrons. The van der Waals surface area contributed by atoms with Gasteiger partial charge in [-0.25, -0.2) is 0 Å². The van der Waals surface area contributed by atoms with Gasteiger partial charge < -0.3 is 20.5 Å². The molecule has 0 aromatic heterocycles. The van der Waals surface area contributed by atoms with Crippen LogP contribution in [0.25, 0.3) is 0 Å². The highest BCUT2D eigenvalue weighted by Gasteiger charge is 2.15. The van der Waals surface area contributed by atoms with Crippen molar-refractivity contribution in [1.82, 2.24) is 0 Å². The number of benzene rings is 1. The van der Waals surface area contributed by atoms with Gasteiger partial charge in [-0.05, 0) is 37.5 Å². The van der Waals surface area contributed by atoms with E-state index in [4.69, 9.17) is 15.2 Å². The molecule has 1 aromatic rings. The standard InChI is InChI=1S/C15H21BrN2O3.ClH/c1-10-8-11(16)9-13(15(10)17)18-14(19)4-7-21-12-2-5-20-6-3-12;/h8-9,12H,2-7,17H2,1H3,(H,18,19);1H. The van der Waals surface area contributed by atoms with E-state index in [1.54, 1.807) is 6.07 Å². The zero-order chi connectivity index (χ0) is 15.2. The van der Waals surface area contributed by atoms with Gasteiger partial charge in [-0.1, -0.05) is 15.9 Å². The van der Waals surface area contributed by atoms with Gasteiger partial charge in [0.05, 0.1) is 30.5 Å². The highest BCUT2D eigenvalue weighted by molar-refractivity contribution is 9.10. The van der Waals surface area contributed by atoms with Gasteiger partial charge in [-0.3, -0.25) is 4.79 Å². The maximum absolute atomic E-state index is 11.9. The molecule has 0 aliphatic carbocycles. The Kier molecular flexibility index (Phi) is 8.17. The molecule has 1 aliphatic heterocycles. The lowest BCUT2D eigenvalue weighted by atomic mass is 10.1. The summed E-state index contributed by atoms with van der Waals surface area (Å²) in [5, 5.41) is 2.83. The van der Waals surface area contributed by atoms with Crippen LogP contribution < -0.4 is 11.1 Å². The Labute approximate surface area is 145 Å². The molecule has 7 heteroatoms. The second kappa shape index (κ2) is 9.35. The zero-order valence-corrected chi connectivity index (χ0v) is 15.0. The number of nitrogen functional groups attached to an aromatic ring is 1. The van der Waals surface area contributed by atoms with Crippen LogP contribution in [0.4, 0.5) is 11.4 Å². The van der Waals surface area contributed by atoms with E-state index in [-0.39, 0.29) is 24.4 Å². The number of hydrogen-bond donors (Lipinski definition) is 2. The first-order valence-electron chi connectivity index (χ1n) is 7.11. The van der Waals surface area contributed by atoms with Crippen molar-refractivity contribution < 1.29 is 14.3 Å². The second-order valence-corrected chi connectivity index (χ2v) is 6.08. The number of hydrogen-bond acceptors (Lipinski definition) is 4. The Hall–Kier alpha value is -0.820. The maximum atomic E-state index is 11.9. The van der Waals surface area contributed by atoms with Crippen molar-refractivity contribution in [2.75, 3.05) is 30.9 Å². The Morgan fingerprint density at radius 2 is 2.14 bits per heavy atom. The van der Waals surface area contributed by atoms with Crippen LogP contribution in [0.3, 0.4) is 0 Å². The van der Waals surface area contributed by atoms with Gasteiger partial charge >= 0.3 is 0 Å². The maximum Gasteiger partial charge on any atom is 0.226 e. The minimum absolute atomic E-state index is 0.